The van der Waals surface area contributed by atoms with Gasteiger partial charge in [0.25, 0.3) is 0 Å². The molecule has 1 heterocycles. The van der Waals surface area contributed by atoms with E-state index in [0.29, 0.717) is 12.8 Å². The van der Waals surface area contributed by atoms with Crippen molar-refractivity contribution in [2.75, 3.05) is 0 Å². The lowest BCUT2D eigenvalue weighted by atomic mass is 9.97. The van der Waals surface area contributed by atoms with Gasteiger partial charge in [0.15, 0.2) is 0 Å². The fourth-order valence-electron chi connectivity index (χ4n) is 1.28. The third kappa shape index (κ3) is 5.04. The van der Waals surface area contributed by atoms with Crippen LogP contribution in [0.2, 0.25) is 0 Å². The fourth-order valence-corrected chi connectivity index (χ4v) is 1.52. The number of nitrogens with two attached hydrogens (primary N) is 1. The average Bonchev–Trinajstić information content (AvgIpc) is 2.05. The van der Waals surface area contributed by atoms with Gasteiger partial charge in [0.1, 0.15) is 5.78 Å². The number of Topliss-reactive ketones (excluding diaryl/α,β-unsaturated/α-hetero) is 1. The average molecular weight is 271 g/mol. The van der Waals surface area contributed by atoms with Crippen molar-refractivity contribution in [1.82, 2.24) is 4.98 Å². The van der Waals surface area contributed by atoms with E-state index in [1.54, 1.807) is 6.20 Å². The van der Waals surface area contributed by atoms with Gasteiger partial charge >= 0.3 is 0 Å². The zero-order valence-corrected chi connectivity index (χ0v) is 10.5. The second-order valence-corrected chi connectivity index (χ2v) is 5.26. The number of ketones is 1. The Bertz CT molecular complexity index is 341. The Morgan fingerprint density at radius 1 is 1.53 bits per heavy atom. The first kappa shape index (κ1) is 12.3. The second-order valence-electron chi connectivity index (χ2n) is 4.35. The highest BCUT2D eigenvalue weighted by molar-refractivity contribution is 9.10. The molecule has 1 rings (SSSR count). The van der Waals surface area contributed by atoms with E-state index >= 15 is 0 Å². The lowest BCUT2D eigenvalue weighted by Crippen LogP contribution is -2.35. The summed E-state index contributed by atoms with van der Waals surface area (Å²) >= 11 is 3.29. The van der Waals surface area contributed by atoms with Gasteiger partial charge in [0.05, 0.1) is 0 Å². The highest BCUT2D eigenvalue weighted by Crippen LogP contribution is 2.10. The third-order valence-corrected chi connectivity index (χ3v) is 2.29. The maximum absolute atomic E-state index is 11.6. The number of halogens is 1. The maximum atomic E-state index is 11.6. The lowest BCUT2D eigenvalue weighted by Gasteiger charge is -2.16. The lowest BCUT2D eigenvalue weighted by molar-refractivity contribution is -0.119. The van der Waals surface area contributed by atoms with Crippen LogP contribution in [0.5, 0.6) is 0 Å². The summed E-state index contributed by atoms with van der Waals surface area (Å²) in [4.78, 5) is 15.7. The summed E-state index contributed by atoms with van der Waals surface area (Å²) in [5.74, 6) is 0.123. The van der Waals surface area contributed by atoms with Crippen molar-refractivity contribution in [2.24, 2.45) is 5.73 Å². The first-order valence-corrected chi connectivity index (χ1v) is 5.57. The van der Waals surface area contributed by atoms with E-state index in [4.69, 9.17) is 5.73 Å². The zero-order chi connectivity index (χ0) is 11.5. The molecule has 0 atom stereocenters. The molecule has 15 heavy (non-hydrogen) atoms. The molecule has 0 unspecified atom stereocenters. The van der Waals surface area contributed by atoms with E-state index in [2.05, 4.69) is 20.9 Å². The molecular formula is C11H15BrN2O. The SMILES string of the molecule is CC(C)(N)CC(=O)Cc1ccc(Br)cn1. The Morgan fingerprint density at radius 2 is 2.20 bits per heavy atom. The number of nitrogens with zero attached hydrogens (tertiary/aromatic N) is 1. The third-order valence-electron chi connectivity index (χ3n) is 1.82. The first-order chi connectivity index (χ1) is 6.87. The number of hydrogen-bond acceptors (Lipinski definition) is 3. The second kappa shape index (κ2) is 4.86. The summed E-state index contributed by atoms with van der Waals surface area (Å²) in [6, 6.07) is 3.72. The number of carbonyl (C=O) groups is 1. The van der Waals surface area contributed by atoms with Crippen LogP contribution < -0.4 is 5.73 Å². The largest absolute Gasteiger partial charge is 0.325 e. The highest BCUT2D eigenvalue weighted by atomic mass is 79.9. The van der Waals surface area contributed by atoms with Gasteiger partial charge in [-0.05, 0) is 41.9 Å². The van der Waals surface area contributed by atoms with Crippen molar-refractivity contribution in [2.45, 2.75) is 32.2 Å². The first-order valence-electron chi connectivity index (χ1n) is 4.78. The number of carbonyl (C=O) groups excluding carboxylic acids is 1. The molecule has 1 aromatic rings. The Labute approximate surface area is 98.2 Å². The van der Waals surface area contributed by atoms with Crippen LogP contribution in [0.1, 0.15) is 26.0 Å². The molecule has 0 radical (unpaired) electrons. The van der Waals surface area contributed by atoms with Crippen LogP contribution in [-0.4, -0.2) is 16.3 Å². The standard InChI is InChI=1S/C11H15BrN2O/c1-11(2,13)6-10(15)5-9-4-3-8(12)7-14-9/h3-4,7H,5-6,13H2,1-2H3. The summed E-state index contributed by atoms with van der Waals surface area (Å²) < 4.78 is 0.915. The smallest absolute Gasteiger partial charge is 0.140 e. The molecule has 0 bridgehead atoms. The summed E-state index contributed by atoms with van der Waals surface area (Å²) in [5.41, 5.74) is 6.11. The minimum atomic E-state index is -0.438. The van der Waals surface area contributed by atoms with E-state index in [1.807, 2.05) is 26.0 Å². The highest BCUT2D eigenvalue weighted by Gasteiger charge is 2.16. The van der Waals surface area contributed by atoms with Crippen LogP contribution in [0, 0.1) is 0 Å². The molecule has 0 fully saturated rings. The molecule has 82 valence electrons. The minimum Gasteiger partial charge on any atom is -0.325 e. The van der Waals surface area contributed by atoms with Crippen LogP contribution in [0.3, 0.4) is 0 Å². The predicted octanol–water partition coefficient (Wildman–Crippen LogP) is 2.08. The van der Waals surface area contributed by atoms with Gasteiger partial charge in [0.2, 0.25) is 0 Å². The molecular weight excluding hydrogens is 256 g/mol. The van der Waals surface area contributed by atoms with Crippen molar-refractivity contribution < 1.29 is 4.79 Å². The fraction of sp³-hybridized carbons (Fsp3) is 0.455. The molecule has 0 amide bonds. The molecule has 0 aliphatic carbocycles. The number of pyridine rings is 1. The van der Waals surface area contributed by atoms with Crippen molar-refractivity contribution in [1.29, 1.82) is 0 Å². The molecule has 0 saturated heterocycles. The molecule has 0 aromatic carbocycles. The van der Waals surface area contributed by atoms with E-state index in [-0.39, 0.29) is 5.78 Å². The quantitative estimate of drug-likeness (QED) is 0.912. The van der Waals surface area contributed by atoms with E-state index in [0.717, 1.165) is 10.2 Å². The Kier molecular flexibility index (Phi) is 3.99. The van der Waals surface area contributed by atoms with Gasteiger partial charge in [-0.25, -0.2) is 0 Å². The maximum Gasteiger partial charge on any atom is 0.140 e. The van der Waals surface area contributed by atoms with Crippen LogP contribution in [-0.2, 0) is 11.2 Å². The van der Waals surface area contributed by atoms with Gasteiger partial charge in [0, 0.05) is 34.7 Å². The van der Waals surface area contributed by atoms with E-state index < -0.39 is 5.54 Å². The molecule has 2 N–H and O–H groups in total. The summed E-state index contributed by atoms with van der Waals surface area (Å²) in [6.45, 7) is 3.69. The molecule has 1 aromatic heterocycles. The topological polar surface area (TPSA) is 56.0 Å². The Hall–Kier alpha value is -0.740. The van der Waals surface area contributed by atoms with E-state index in [9.17, 15) is 4.79 Å². The van der Waals surface area contributed by atoms with Crippen molar-refractivity contribution in [3.63, 3.8) is 0 Å². The minimum absolute atomic E-state index is 0.123. The summed E-state index contributed by atoms with van der Waals surface area (Å²) in [7, 11) is 0. The van der Waals surface area contributed by atoms with Gasteiger partial charge in [-0.2, -0.15) is 0 Å². The Balaban J connectivity index is 2.55. The van der Waals surface area contributed by atoms with Crippen LogP contribution >= 0.6 is 15.9 Å². The van der Waals surface area contributed by atoms with Crippen molar-refractivity contribution in [3.05, 3.63) is 28.5 Å². The van der Waals surface area contributed by atoms with E-state index in [1.165, 1.54) is 0 Å². The molecule has 0 aliphatic rings. The van der Waals surface area contributed by atoms with Crippen LogP contribution in [0.4, 0.5) is 0 Å². The monoisotopic (exact) mass is 270 g/mol. The number of rotatable bonds is 4. The summed E-state index contributed by atoms with van der Waals surface area (Å²) in [6.07, 6.45) is 2.43. The molecule has 0 saturated carbocycles. The number of hydrogen-bond donors (Lipinski definition) is 1. The van der Waals surface area contributed by atoms with Crippen molar-refractivity contribution >= 4 is 21.7 Å². The predicted molar refractivity (Wildman–Crippen MR) is 63.5 cm³/mol. The van der Waals surface area contributed by atoms with Gasteiger partial charge in [-0.15, -0.1) is 0 Å². The van der Waals surface area contributed by atoms with Crippen LogP contribution in [0.15, 0.2) is 22.8 Å². The van der Waals surface area contributed by atoms with Gasteiger partial charge in [-0.1, -0.05) is 0 Å². The number of aromatic nitrogens is 1. The van der Waals surface area contributed by atoms with Crippen LogP contribution in [0.25, 0.3) is 0 Å². The molecule has 0 spiro atoms. The normalized spacial score (nSPS) is 11.5. The molecule has 4 heteroatoms. The molecule has 0 aliphatic heterocycles. The van der Waals surface area contributed by atoms with Gasteiger partial charge in [-0.3, -0.25) is 9.78 Å². The Morgan fingerprint density at radius 3 is 2.67 bits per heavy atom. The zero-order valence-electron chi connectivity index (χ0n) is 8.96. The van der Waals surface area contributed by atoms with Gasteiger partial charge < -0.3 is 5.73 Å². The summed E-state index contributed by atoms with van der Waals surface area (Å²) in [5, 5.41) is 0. The van der Waals surface area contributed by atoms with Crippen molar-refractivity contribution in [3.8, 4) is 0 Å². The molecule has 3 nitrogen and oxygen atoms in total.